The first kappa shape index (κ1) is 13.3. The van der Waals surface area contributed by atoms with Crippen molar-refractivity contribution in [3.63, 3.8) is 0 Å². The molecular formula is C14H28N2O. The van der Waals surface area contributed by atoms with Crippen LogP contribution in [-0.2, 0) is 4.74 Å². The van der Waals surface area contributed by atoms with Crippen molar-refractivity contribution >= 4 is 0 Å². The molecule has 1 saturated heterocycles. The van der Waals surface area contributed by atoms with Crippen LogP contribution in [0.2, 0.25) is 0 Å². The molecule has 2 unspecified atom stereocenters. The molecule has 2 fully saturated rings. The molecule has 1 saturated carbocycles. The molecule has 1 aliphatic heterocycles. The molecule has 0 radical (unpaired) electrons. The summed E-state index contributed by atoms with van der Waals surface area (Å²) in [5.41, 5.74) is 0. The van der Waals surface area contributed by atoms with E-state index in [0.717, 1.165) is 19.1 Å². The van der Waals surface area contributed by atoms with E-state index in [-0.39, 0.29) is 0 Å². The molecular weight excluding hydrogens is 212 g/mol. The normalized spacial score (nSPS) is 30.5. The minimum atomic E-state index is 0.652. The molecule has 0 amide bonds. The van der Waals surface area contributed by atoms with Crippen LogP contribution in [-0.4, -0.2) is 50.8 Å². The zero-order valence-electron chi connectivity index (χ0n) is 11.5. The molecule has 0 aromatic rings. The lowest BCUT2D eigenvalue weighted by atomic mass is 9.84. The first-order valence-electron chi connectivity index (χ1n) is 7.30. The standard InChI is InChI=1S/C14H28N2O/c1-3-16(9-12-5-4-6-12)10-13-11-17-8-7-14(13)15-2/h12-15H,3-11H2,1-2H3. The van der Waals surface area contributed by atoms with E-state index in [0.29, 0.717) is 12.0 Å². The van der Waals surface area contributed by atoms with Gasteiger partial charge >= 0.3 is 0 Å². The van der Waals surface area contributed by atoms with Gasteiger partial charge in [0.25, 0.3) is 0 Å². The van der Waals surface area contributed by atoms with Crippen molar-refractivity contribution in [1.82, 2.24) is 10.2 Å². The quantitative estimate of drug-likeness (QED) is 0.765. The summed E-state index contributed by atoms with van der Waals surface area (Å²) >= 11 is 0. The molecule has 1 N–H and O–H groups in total. The third kappa shape index (κ3) is 3.67. The van der Waals surface area contributed by atoms with Crippen molar-refractivity contribution in [2.45, 2.75) is 38.6 Å². The number of ether oxygens (including phenoxy) is 1. The van der Waals surface area contributed by atoms with Crippen LogP contribution >= 0.6 is 0 Å². The Labute approximate surface area is 106 Å². The number of hydrogen-bond acceptors (Lipinski definition) is 3. The second kappa shape index (κ2) is 6.72. The molecule has 2 rings (SSSR count). The Balaban J connectivity index is 1.78. The van der Waals surface area contributed by atoms with E-state index >= 15 is 0 Å². The van der Waals surface area contributed by atoms with Gasteiger partial charge in [0.1, 0.15) is 0 Å². The number of rotatable bonds is 6. The van der Waals surface area contributed by atoms with Gasteiger partial charge in [-0.1, -0.05) is 13.3 Å². The summed E-state index contributed by atoms with van der Waals surface area (Å²) in [7, 11) is 2.09. The maximum atomic E-state index is 5.64. The summed E-state index contributed by atoms with van der Waals surface area (Å²) in [6.45, 7) is 7.85. The maximum Gasteiger partial charge on any atom is 0.0521 e. The van der Waals surface area contributed by atoms with E-state index in [1.165, 1.54) is 45.3 Å². The predicted molar refractivity (Wildman–Crippen MR) is 71.2 cm³/mol. The molecule has 1 heterocycles. The van der Waals surface area contributed by atoms with Gasteiger partial charge in [0.15, 0.2) is 0 Å². The summed E-state index contributed by atoms with van der Waals surface area (Å²) < 4.78 is 5.64. The molecule has 0 spiro atoms. The van der Waals surface area contributed by atoms with Crippen LogP contribution in [0.5, 0.6) is 0 Å². The van der Waals surface area contributed by atoms with E-state index in [1.807, 2.05) is 0 Å². The van der Waals surface area contributed by atoms with E-state index in [9.17, 15) is 0 Å². The largest absolute Gasteiger partial charge is 0.381 e. The third-order valence-corrected chi connectivity index (χ3v) is 4.53. The topological polar surface area (TPSA) is 24.5 Å². The van der Waals surface area contributed by atoms with Crippen LogP contribution in [0.4, 0.5) is 0 Å². The predicted octanol–water partition coefficient (Wildman–Crippen LogP) is 1.73. The number of hydrogen-bond donors (Lipinski definition) is 1. The minimum absolute atomic E-state index is 0.652. The van der Waals surface area contributed by atoms with Gasteiger partial charge < -0.3 is 15.0 Å². The summed E-state index contributed by atoms with van der Waals surface area (Å²) in [5.74, 6) is 1.65. The first-order valence-corrected chi connectivity index (χ1v) is 7.30. The Hall–Kier alpha value is -0.120. The molecule has 100 valence electrons. The summed E-state index contributed by atoms with van der Waals surface area (Å²) in [5, 5.41) is 3.46. The molecule has 17 heavy (non-hydrogen) atoms. The highest BCUT2D eigenvalue weighted by Gasteiger charge is 2.27. The van der Waals surface area contributed by atoms with Gasteiger partial charge in [-0.25, -0.2) is 0 Å². The van der Waals surface area contributed by atoms with Crippen LogP contribution in [0.1, 0.15) is 32.6 Å². The van der Waals surface area contributed by atoms with Crippen LogP contribution in [0, 0.1) is 11.8 Å². The number of nitrogens with zero attached hydrogens (tertiary/aromatic N) is 1. The first-order chi connectivity index (χ1) is 8.33. The Morgan fingerprint density at radius 3 is 2.65 bits per heavy atom. The Morgan fingerprint density at radius 2 is 2.06 bits per heavy atom. The van der Waals surface area contributed by atoms with Crippen molar-refractivity contribution in [3.8, 4) is 0 Å². The molecule has 2 atom stereocenters. The average molecular weight is 240 g/mol. The van der Waals surface area contributed by atoms with Gasteiger partial charge in [0, 0.05) is 31.7 Å². The van der Waals surface area contributed by atoms with Gasteiger partial charge in [-0.15, -0.1) is 0 Å². The lowest BCUT2D eigenvalue weighted by Gasteiger charge is -2.37. The van der Waals surface area contributed by atoms with Crippen LogP contribution in [0.25, 0.3) is 0 Å². The van der Waals surface area contributed by atoms with Gasteiger partial charge in [-0.3, -0.25) is 0 Å². The molecule has 2 aliphatic rings. The Morgan fingerprint density at radius 1 is 1.24 bits per heavy atom. The molecule has 1 aliphatic carbocycles. The highest BCUT2D eigenvalue weighted by molar-refractivity contribution is 4.82. The molecule has 0 aromatic carbocycles. The number of nitrogens with one attached hydrogen (secondary N) is 1. The molecule has 3 heteroatoms. The van der Waals surface area contributed by atoms with Gasteiger partial charge in [-0.2, -0.15) is 0 Å². The lowest BCUT2D eigenvalue weighted by molar-refractivity contribution is 0.0151. The van der Waals surface area contributed by atoms with Gasteiger partial charge in [0.05, 0.1) is 6.61 Å². The second-order valence-corrected chi connectivity index (χ2v) is 5.67. The zero-order valence-corrected chi connectivity index (χ0v) is 11.5. The van der Waals surface area contributed by atoms with E-state index < -0.39 is 0 Å². The second-order valence-electron chi connectivity index (χ2n) is 5.67. The Kier molecular flexibility index (Phi) is 5.26. The fourth-order valence-corrected chi connectivity index (χ4v) is 3.06. The lowest BCUT2D eigenvalue weighted by Crippen LogP contribution is -2.47. The molecule has 0 bridgehead atoms. The SMILES string of the molecule is CCN(CC1CCC1)CC1COCCC1NC. The van der Waals surface area contributed by atoms with Crippen molar-refractivity contribution in [2.75, 3.05) is 39.9 Å². The van der Waals surface area contributed by atoms with E-state index in [2.05, 4.69) is 24.2 Å². The monoisotopic (exact) mass is 240 g/mol. The van der Waals surface area contributed by atoms with Gasteiger partial charge in [-0.05, 0) is 38.8 Å². The smallest absolute Gasteiger partial charge is 0.0521 e. The fourth-order valence-electron chi connectivity index (χ4n) is 3.06. The van der Waals surface area contributed by atoms with Crippen molar-refractivity contribution in [1.29, 1.82) is 0 Å². The zero-order chi connectivity index (χ0) is 12.1. The molecule has 0 aromatic heterocycles. The highest BCUT2D eigenvalue weighted by Crippen LogP contribution is 2.27. The van der Waals surface area contributed by atoms with Crippen molar-refractivity contribution in [3.05, 3.63) is 0 Å². The summed E-state index contributed by atoms with van der Waals surface area (Å²) in [4.78, 5) is 2.63. The van der Waals surface area contributed by atoms with Crippen LogP contribution in [0.15, 0.2) is 0 Å². The summed E-state index contributed by atoms with van der Waals surface area (Å²) in [6.07, 6.45) is 5.52. The minimum Gasteiger partial charge on any atom is -0.381 e. The average Bonchev–Trinajstić information content (AvgIpc) is 2.32. The fraction of sp³-hybridized carbons (Fsp3) is 1.00. The maximum absolute atomic E-state index is 5.64. The Bertz CT molecular complexity index is 218. The molecule has 3 nitrogen and oxygen atoms in total. The summed E-state index contributed by atoms with van der Waals surface area (Å²) in [6, 6.07) is 0.652. The van der Waals surface area contributed by atoms with E-state index in [4.69, 9.17) is 4.74 Å². The van der Waals surface area contributed by atoms with Crippen molar-refractivity contribution in [2.24, 2.45) is 11.8 Å². The van der Waals surface area contributed by atoms with E-state index in [1.54, 1.807) is 0 Å². The third-order valence-electron chi connectivity index (χ3n) is 4.53. The van der Waals surface area contributed by atoms with Crippen LogP contribution in [0.3, 0.4) is 0 Å². The highest BCUT2D eigenvalue weighted by atomic mass is 16.5. The van der Waals surface area contributed by atoms with Gasteiger partial charge in [0.2, 0.25) is 0 Å². The van der Waals surface area contributed by atoms with Crippen molar-refractivity contribution < 1.29 is 4.74 Å². The van der Waals surface area contributed by atoms with Crippen LogP contribution < -0.4 is 5.32 Å².